The number of rotatable bonds is 8. The molecule has 0 heterocycles. The van der Waals surface area contributed by atoms with E-state index in [9.17, 15) is 4.79 Å². The number of carbonyl (C=O) groups excluding carboxylic acids is 1. The molecule has 0 atom stereocenters. The molecule has 1 aromatic rings. The van der Waals surface area contributed by atoms with Gasteiger partial charge in [0.25, 0.3) is 0 Å². The first-order chi connectivity index (χ1) is 8.61. The number of carbonyl (C=O) groups is 1. The van der Waals surface area contributed by atoms with Crippen molar-refractivity contribution in [3.05, 3.63) is 35.9 Å². The van der Waals surface area contributed by atoms with Crippen molar-refractivity contribution in [1.82, 2.24) is 0 Å². The molecule has 0 saturated carbocycles. The van der Waals surface area contributed by atoms with Crippen LogP contribution in [0, 0.1) is 0 Å². The highest BCUT2D eigenvalue weighted by Crippen LogP contribution is 2.69. The molecule has 0 aliphatic rings. The van der Waals surface area contributed by atoms with Gasteiger partial charge in [0.15, 0.2) is 5.78 Å². The molecule has 1 rings (SSSR count). The molecular formula is C13H19OPS3. The SMILES string of the molecule is CCSP(=S)(CCC(=O)c1ccccc1)SCC. The number of benzene rings is 1. The maximum absolute atomic E-state index is 12.1. The van der Waals surface area contributed by atoms with Crippen LogP contribution in [0.2, 0.25) is 0 Å². The Morgan fingerprint density at radius 1 is 1.17 bits per heavy atom. The highest BCUT2D eigenvalue weighted by atomic mass is 33.2. The molecule has 0 N–H and O–H groups in total. The third-order valence-corrected chi connectivity index (χ3v) is 13.8. The molecule has 18 heavy (non-hydrogen) atoms. The van der Waals surface area contributed by atoms with Crippen molar-refractivity contribution < 1.29 is 4.79 Å². The first kappa shape index (κ1) is 16.3. The molecule has 0 aromatic heterocycles. The minimum Gasteiger partial charge on any atom is -0.294 e. The topological polar surface area (TPSA) is 17.1 Å². The molecule has 1 nitrogen and oxygen atoms in total. The third kappa shape index (κ3) is 5.48. The Balaban J connectivity index is 2.58. The third-order valence-electron chi connectivity index (χ3n) is 2.36. The van der Waals surface area contributed by atoms with E-state index >= 15 is 0 Å². The predicted octanol–water partition coefficient (Wildman–Crippen LogP) is 5.08. The largest absolute Gasteiger partial charge is 0.294 e. The maximum atomic E-state index is 12.1. The Morgan fingerprint density at radius 3 is 2.22 bits per heavy atom. The lowest BCUT2D eigenvalue weighted by atomic mass is 10.1. The second kappa shape index (κ2) is 8.42. The Kier molecular flexibility index (Phi) is 7.62. The maximum Gasteiger partial charge on any atom is 0.163 e. The number of Topliss-reactive ketones (excluding diaryl/α,β-unsaturated/α-hetero) is 1. The molecule has 0 aliphatic heterocycles. The van der Waals surface area contributed by atoms with Crippen LogP contribution in [0.3, 0.4) is 0 Å². The van der Waals surface area contributed by atoms with Gasteiger partial charge in [0.1, 0.15) is 0 Å². The fourth-order valence-electron chi connectivity index (χ4n) is 1.57. The van der Waals surface area contributed by atoms with Crippen molar-refractivity contribution in [1.29, 1.82) is 0 Å². The van der Waals surface area contributed by atoms with E-state index in [4.69, 9.17) is 11.8 Å². The standard InChI is InChI=1S/C13H19OPS3/c1-3-17-15(16,18-4-2)11-10-13(14)12-8-6-5-7-9-12/h5-9H,3-4,10-11H2,1-2H3. The normalized spacial score (nSPS) is 11.4. The van der Waals surface area contributed by atoms with Crippen LogP contribution in [-0.2, 0) is 11.8 Å². The second-order valence-corrected chi connectivity index (χ2v) is 16.3. The summed E-state index contributed by atoms with van der Waals surface area (Å²) in [6.07, 6.45) is 1.45. The van der Waals surface area contributed by atoms with E-state index < -0.39 is 4.44 Å². The summed E-state index contributed by atoms with van der Waals surface area (Å²) < 4.78 is -1.45. The minimum absolute atomic E-state index is 0.221. The van der Waals surface area contributed by atoms with Crippen LogP contribution in [0.4, 0.5) is 0 Å². The van der Waals surface area contributed by atoms with Crippen molar-refractivity contribution in [2.75, 3.05) is 17.7 Å². The van der Waals surface area contributed by atoms with Gasteiger partial charge >= 0.3 is 0 Å². The Hall–Kier alpha value is 0.240. The highest BCUT2D eigenvalue weighted by Gasteiger charge is 2.18. The number of hydrogen-bond acceptors (Lipinski definition) is 4. The van der Waals surface area contributed by atoms with E-state index in [0.29, 0.717) is 6.42 Å². The lowest BCUT2D eigenvalue weighted by Gasteiger charge is -2.18. The van der Waals surface area contributed by atoms with Gasteiger partial charge < -0.3 is 0 Å². The molecule has 5 heteroatoms. The molecule has 0 bridgehead atoms. The minimum atomic E-state index is -1.45. The fourth-order valence-corrected chi connectivity index (χ4v) is 11.8. The molecule has 0 unspecified atom stereocenters. The predicted molar refractivity (Wildman–Crippen MR) is 90.8 cm³/mol. The summed E-state index contributed by atoms with van der Waals surface area (Å²) >= 11 is 9.51. The van der Waals surface area contributed by atoms with E-state index in [0.717, 1.165) is 23.2 Å². The Morgan fingerprint density at radius 2 is 1.72 bits per heavy atom. The number of hydrogen-bond donors (Lipinski definition) is 0. The zero-order valence-corrected chi connectivity index (χ0v) is 14.1. The summed E-state index contributed by atoms with van der Waals surface area (Å²) in [4.78, 5) is 12.1. The van der Waals surface area contributed by atoms with Crippen LogP contribution >= 0.6 is 27.2 Å². The van der Waals surface area contributed by atoms with E-state index in [-0.39, 0.29) is 5.78 Å². The first-order valence-corrected chi connectivity index (χ1v) is 12.2. The molecule has 0 aliphatic carbocycles. The zero-order chi connectivity index (χ0) is 13.4. The molecule has 0 amide bonds. The van der Waals surface area contributed by atoms with Crippen molar-refractivity contribution in [3.63, 3.8) is 0 Å². The highest BCUT2D eigenvalue weighted by molar-refractivity contribution is 9.00. The van der Waals surface area contributed by atoms with Crippen LogP contribution in [-0.4, -0.2) is 23.5 Å². The molecule has 0 radical (unpaired) electrons. The summed E-state index contributed by atoms with van der Waals surface area (Å²) in [5.41, 5.74) is 0.807. The average Bonchev–Trinajstić information content (AvgIpc) is 2.38. The van der Waals surface area contributed by atoms with E-state index in [1.54, 1.807) is 0 Å². The van der Waals surface area contributed by atoms with Gasteiger partial charge in [-0.3, -0.25) is 4.79 Å². The molecule has 1 aromatic carbocycles. The molecular weight excluding hydrogens is 299 g/mol. The van der Waals surface area contributed by atoms with Crippen molar-refractivity contribution in [2.24, 2.45) is 0 Å². The van der Waals surface area contributed by atoms with Crippen LogP contribution in [0.25, 0.3) is 0 Å². The Labute approximate surface area is 123 Å². The monoisotopic (exact) mass is 318 g/mol. The smallest absolute Gasteiger partial charge is 0.163 e. The zero-order valence-electron chi connectivity index (χ0n) is 10.8. The van der Waals surface area contributed by atoms with Gasteiger partial charge in [-0.2, -0.15) is 0 Å². The van der Waals surface area contributed by atoms with Crippen molar-refractivity contribution in [3.8, 4) is 0 Å². The van der Waals surface area contributed by atoms with Crippen LogP contribution in [0.15, 0.2) is 30.3 Å². The van der Waals surface area contributed by atoms with Crippen LogP contribution < -0.4 is 0 Å². The summed E-state index contributed by atoms with van der Waals surface area (Å²) in [5.74, 6) is 2.31. The van der Waals surface area contributed by atoms with E-state index in [2.05, 4.69) is 13.8 Å². The van der Waals surface area contributed by atoms with Gasteiger partial charge in [0.05, 0.1) is 4.44 Å². The quantitative estimate of drug-likeness (QED) is 0.491. The summed E-state index contributed by atoms with van der Waals surface area (Å²) in [7, 11) is 0. The second-order valence-electron chi connectivity index (χ2n) is 3.71. The first-order valence-electron chi connectivity index (χ1n) is 6.07. The lowest BCUT2D eigenvalue weighted by molar-refractivity contribution is 0.0989. The van der Waals surface area contributed by atoms with Crippen molar-refractivity contribution in [2.45, 2.75) is 20.3 Å². The van der Waals surface area contributed by atoms with Gasteiger partial charge in [-0.05, 0) is 11.5 Å². The van der Waals surface area contributed by atoms with Gasteiger partial charge in [0, 0.05) is 18.1 Å². The molecule has 0 spiro atoms. The molecule has 100 valence electrons. The van der Waals surface area contributed by atoms with Gasteiger partial charge in [-0.15, -0.1) is 22.8 Å². The van der Waals surface area contributed by atoms with Crippen molar-refractivity contribution >= 4 is 44.8 Å². The van der Waals surface area contributed by atoms with E-state index in [1.165, 1.54) is 0 Å². The van der Waals surface area contributed by atoms with Gasteiger partial charge in [-0.1, -0.05) is 56.0 Å². The van der Waals surface area contributed by atoms with Gasteiger partial charge in [0.2, 0.25) is 0 Å². The fraction of sp³-hybridized carbons (Fsp3) is 0.462. The molecule has 0 fully saturated rings. The average molecular weight is 318 g/mol. The lowest BCUT2D eigenvalue weighted by Crippen LogP contribution is -2.01. The van der Waals surface area contributed by atoms with Crippen LogP contribution in [0.1, 0.15) is 30.6 Å². The summed E-state index contributed by atoms with van der Waals surface area (Å²) in [5, 5.41) is 0. The Bertz CT molecular complexity index is 410. The molecule has 0 saturated heterocycles. The number of ketones is 1. The summed E-state index contributed by atoms with van der Waals surface area (Å²) in [6, 6.07) is 9.51. The van der Waals surface area contributed by atoms with Crippen LogP contribution in [0.5, 0.6) is 0 Å². The van der Waals surface area contributed by atoms with Gasteiger partial charge in [-0.25, -0.2) is 0 Å². The summed E-state index contributed by atoms with van der Waals surface area (Å²) in [6.45, 7) is 4.28. The van der Waals surface area contributed by atoms with E-state index in [1.807, 2.05) is 53.1 Å².